The topological polar surface area (TPSA) is 60.4 Å². The molecule has 0 N–H and O–H groups in total. The summed E-state index contributed by atoms with van der Waals surface area (Å²) in [4.78, 5) is 12.5. The monoisotopic (exact) mass is 320 g/mol. The highest BCUT2D eigenvalue weighted by atomic mass is 32.2. The number of carbonyl (C=O) groups is 1. The molecule has 0 radical (unpaired) electrons. The van der Waals surface area contributed by atoms with Crippen LogP contribution >= 0.6 is 0 Å². The van der Waals surface area contributed by atoms with Gasteiger partial charge in [-0.1, -0.05) is 29.8 Å². The Kier molecular flexibility index (Phi) is 3.63. The smallest absolute Gasteiger partial charge is 0.310 e. The summed E-state index contributed by atoms with van der Waals surface area (Å²) in [6.45, 7) is 3.92. The maximum absolute atomic E-state index is 13.2. The first-order chi connectivity index (χ1) is 10.4. The Bertz CT molecular complexity index is 718. The Morgan fingerprint density at radius 3 is 2.59 bits per heavy atom. The van der Waals surface area contributed by atoms with Crippen molar-refractivity contribution in [1.29, 1.82) is 0 Å². The van der Waals surface area contributed by atoms with E-state index in [0.717, 1.165) is 5.56 Å². The van der Waals surface area contributed by atoms with Gasteiger partial charge in [0, 0.05) is 0 Å². The van der Waals surface area contributed by atoms with Crippen LogP contribution in [-0.2, 0) is 19.4 Å². The molecule has 0 amide bonds. The zero-order valence-corrected chi connectivity index (χ0v) is 13.6. The first-order valence-corrected chi connectivity index (χ1v) is 9.06. The Morgan fingerprint density at radius 2 is 2.00 bits per heavy atom. The SMILES string of the molecule is CCOC(=O)C1CC2C=CC1(S(=O)(=O)c1ccc(C)cc1)C2. The number of rotatable bonds is 4. The van der Waals surface area contributed by atoms with Gasteiger partial charge in [-0.05, 0) is 44.7 Å². The molecule has 0 saturated heterocycles. The predicted molar refractivity (Wildman–Crippen MR) is 83.1 cm³/mol. The van der Waals surface area contributed by atoms with E-state index in [1.165, 1.54) is 0 Å². The van der Waals surface area contributed by atoms with Crippen LogP contribution in [-0.4, -0.2) is 25.7 Å². The minimum Gasteiger partial charge on any atom is -0.466 e. The van der Waals surface area contributed by atoms with E-state index in [9.17, 15) is 13.2 Å². The molecule has 5 heteroatoms. The van der Waals surface area contributed by atoms with Crippen molar-refractivity contribution in [3.63, 3.8) is 0 Å². The average molecular weight is 320 g/mol. The van der Waals surface area contributed by atoms with Crippen LogP contribution in [0.15, 0.2) is 41.3 Å². The van der Waals surface area contributed by atoms with Gasteiger partial charge in [0.25, 0.3) is 0 Å². The predicted octanol–water partition coefficient (Wildman–Crippen LogP) is 2.67. The lowest BCUT2D eigenvalue weighted by Gasteiger charge is -2.30. The summed E-state index contributed by atoms with van der Waals surface area (Å²) >= 11 is 0. The summed E-state index contributed by atoms with van der Waals surface area (Å²) < 4.78 is 30.3. The third-order valence-electron chi connectivity index (χ3n) is 4.76. The van der Waals surface area contributed by atoms with Crippen molar-refractivity contribution in [2.45, 2.75) is 36.3 Å². The number of esters is 1. The lowest BCUT2D eigenvalue weighted by Crippen LogP contribution is -2.44. The van der Waals surface area contributed by atoms with Crippen molar-refractivity contribution in [3.8, 4) is 0 Å². The first-order valence-electron chi connectivity index (χ1n) is 7.58. The number of hydrogen-bond acceptors (Lipinski definition) is 4. The zero-order valence-electron chi connectivity index (χ0n) is 12.8. The lowest BCUT2D eigenvalue weighted by molar-refractivity contribution is -0.148. The fourth-order valence-electron chi connectivity index (χ4n) is 3.63. The molecule has 0 spiro atoms. The van der Waals surface area contributed by atoms with E-state index < -0.39 is 26.5 Å². The molecule has 2 aliphatic rings. The van der Waals surface area contributed by atoms with Crippen LogP contribution in [0.3, 0.4) is 0 Å². The Labute approximate surface area is 131 Å². The van der Waals surface area contributed by atoms with E-state index >= 15 is 0 Å². The first kappa shape index (κ1) is 15.3. The Morgan fingerprint density at radius 1 is 1.32 bits per heavy atom. The lowest BCUT2D eigenvalue weighted by atomic mass is 9.93. The van der Waals surface area contributed by atoms with E-state index in [1.54, 1.807) is 37.3 Å². The second-order valence-electron chi connectivity index (χ2n) is 6.14. The molecular weight excluding hydrogens is 300 g/mol. The van der Waals surface area contributed by atoms with Gasteiger partial charge >= 0.3 is 5.97 Å². The van der Waals surface area contributed by atoms with E-state index in [2.05, 4.69) is 0 Å². The van der Waals surface area contributed by atoms with E-state index in [1.807, 2.05) is 13.0 Å². The molecule has 4 nitrogen and oxygen atoms in total. The molecule has 0 aliphatic heterocycles. The standard InChI is InChI=1S/C17H20O4S/c1-3-21-16(18)15-10-13-8-9-17(15,11-13)22(19,20)14-6-4-12(2)5-7-14/h4-9,13,15H,3,10-11H2,1-2H3. The van der Waals surface area contributed by atoms with Crippen LogP contribution in [0.4, 0.5) is 0 Å². The van der Waals surface area contributed by atoms with Crippen LogP contribution in [0, 0.1) is 18.8 Å². The fraction of sp³-hybridized carbons (Fsp3) is 0.471. The van der Waals surface area contributed by atoms with Gasteiger partial charge < -0.3 is 4.74 Å². The van der Waals surface area contributed by atoms with Crippen molar-refractivity contribution < 1.29 is 17.9 Å². The number of benzene rings is 1. The highest BCUT2D eigenvalue weighted by Gasteiger charge is 2.60. The summed E-state index contributed by atoms with van der Waals surface area (Å²) in [7, 11) is -3.63. The van der Waals surface area contributed by atoms with Crippen molar-refractivity contribution in [1.82, 2.24) is 0 Å². The average Bonchev–Trinajstić information content (AvgIpc) is 3.08. The van der Waals surface area contributed by atoms with Crippen LogP contribution in [0.2, 0.25) is 0 Å². The number of aryl methyl sites for hydroxylation is 1. The maximum Gasteiger partial charge on any atom is 0.310 e. The van der Waals surface area contributed by atoms with Gasteiger partial charge in [-0.25, -0.2) is 8.42 Å². The summed E-state index contributed by atoms with van der Waals surface area (Å²) in [5.74, 6) is -0.853. The number of hydrogen-bond donors (Lipinski definition) is 0. The molecule has 0 aromatic heterocycles. The summed E-state index contributed by atoms with van der Waals surface area (Å²) in [5.41, 5.74) is 1.00. The van der Waals surface area contributed by atoms with Crippen LogP contribution in [0.25, 0.3) is 0 Å². The van der Waals surface area contributed by atoms with Gasteiger partial charge in [0.05, 0.1) is 17.4 Å². The molecule has 3 rings (SSSR count). The summed E-state index contributed by atoms with van der Waals surface area (Å²) in [6.07, 6.45) is 4.69. The van der Waals surface area contributed by atoms with Gasteiger partial charge in [0.1, 0.15) is 4.75 Å². The van der Waals surface area contributed by atoms with Crippen LogP contribution < -0.4 is 0 Å². The van der Waals surface area contributed by atoms with Gasteiger partial charge in [0.2, 0.25) is 0 Å². The van der Waals surface area contributed by atoms with Crippen molar-refractivity contribution in [2.75, 3.05) is 6.61 Å². The minimum absolute atomic E-state index is 0.148. The molecule has 0 heterocycles. The quantitative estimate of drug-likeness (QED) is 0.632. The molecule has 3 atom stereocenters. The number of carbonyl (C=O) groups excluding carboxylic acids is 1. The maximum atomic E-state index is 13.2. The molecule has 1 aromatic rings. The summed E-state index contributed by atoms with van der Waals surface area (Å²) in [6, 6.07) is 6.82. The highest BCUT2D eigenvalue weighted by Crippen LogP contribution is 2.53. The minimum atomic E-state index is -3.63. The van der Waals surface area contributed by atoms with E-state index in [4.69, 9.17) is 4.74 Å². The van der Waals surface area contributed by atoms with Gasteiger partial charge in [0.15, 0.2) is 9.84 Å². The van der Waals surface area contributed by atoms with Gasteiger partial charge in [-0.2, -0.15) is 0 Å². The zero-order chi connectivity index (χ0) is 16.0. The highest BCUT2D eigenvalue weighted by molar-refractivity contribution is 7.93. The number of sulfone groups is 1. The van der Waals surface area contributed by atoms with Crippen molar-refractivity contribution in [2.24, 2.45) is 11.8 Å². The number of ether oxygens (including phenoxy) is 1. The van der Waals surface area contributed by atoms with Crippen LogP contribution in [0.1, 0.15) is 25.3 Å². The molecule has 1 aromatic carbocycles. The van der Waals surface area contributed by atoms with E-state index in [-0.39, 0.29) is 17.4 Å². The molecule has 2 aliphatic carbocycles. The second-order valence-corrected chi connectivity index (χ2v) is 8.37. The summed E-state index contributed by atoms with van der Waals surface area (Å²) in [5, 5.41) is 0. The molecular formula is C17H20O4S. The third kappa shape index (κ3) is 2.10. The Balaban J connectivity index is 2.05. The number of allylic oxidation sites excluding steroid dienone is 1. The van der Waals surface area contributed by atoms with E-state index in [0.29, 0.717) is 12.8 Å². The number of fused-ring (bicyclic) bond motifs is 2. The van der Waals surface area contributed by atoms with Crippen molar-refractivity contribution >= 4 is 15.8 Å². The van der Waals surface area contributed by atoms with Gasteiger partial charge in [-0.3, -0.25) is 4.79 Å². The Hall–Kier alpha value is -1.62. The molecule has 118 valence electrons. The third-order valence-corrected chi connectivity index (χ3v) is 7.24. The largest absolute Gasteiger partial charge is 0.466 e. The molecule has 2 bridgehead atoms. The molecule has 1 fully saturated rings. The molecule has 3 unspecified atom stereocenters. The molecule has 1 saturated carbocycles. The molecule has 22 heavy (non-hydrogen) atoms. The van der Waals surface area contributed by atoms with Crippen LogP contribution in [0.5, 0.6) is 0 Å². The van der Waals surface area contributed by atoms with Gasteiger partial charge in [-0.15, -0.1) is 0 Å². The normalized spacial score (nSPS) is 29.7. The second kappa shape index (κ2) is 5.23. The fourth-order valence-corrected chi connectivity index (χ4v) is 5.82. The van der Waals surface area contributed by atoms with Crippen molar-refractivity contribution in [3.05, 3.63) is 42.0 Å².